The summed E-state index contributed by atoms with van der Waals surface area (Å²) in [5.74, 6) is 0. The van der Waals surface area contributed by atoms with E-state index in [1.807, 2.05) is 0 Å². The maximum Gasteiger partial charge on any atom is 0.217 e. The van der Waals surface area contributed by atoms with E-state index >= 15 is 0 Å². The van der Waals surface area contributed by atoms with Gasteiger partial charge in [-0.25, -0.2) is 0 Å². The molecule has 60 valence electrons. The second-order valence-corrected chi connectivity index (χ2v) is 3.11. The zero-order valence-corrected chi connectivity index (χ0v) is 6.50. The molecule has 0 rings (SSSR count). The average Bonchev–Trinajstić information content (AvgIpc) is 1.86. The highest BCUT2D eigenvalue weighted by Crippen LogP contribution is 2.20. The minimum atomic E-state index is -0.697. The van der Waals surface area contributed by atoms with Crippen LogP contribution < -0.4 is 0 Å². The predicted octanol–water partition coefficient (Wildman–Crippen LogP) is 0.670. The second kappa shape index (κ2) is 2.96. The quantitative estimate of drug-likeness (QED) is 0.471. The summed E-state index contributed by atoms with van der Waals surface area (Å²) in [6.45, 7) is 4.67. The van der Waals surface area contributed by atoms with Crippen LogP contribution in [-0.2, 0) is 0 Å². The third kappa shape index (κ3) is 1.95. The molecule has 1 atom stereocenters. The zero-order valence-electron chi connectivity index (χ0n) is 6.50. The van der Waals surface area contributed by atoms with E-state index in [1.165, 1.54) is 6.92 Å². The van der Waals surface area contributed by atoms with Crippen molar-refractivity contribution >= 4 is 0 Å². The molecule has 0 radical (unpaired) electrons. The number of hydrogen-bond donors (Lipinski definition) is 1. The number of aliphatic hydroxyl groups is 1. The first-order valence-electron chi connectivity index (χ1n) is 3.16. The van der Waals surface area contributed by atoms with E-state index < -0.39 is 11.5 Å². The van der Waals surface area contributed by atoms with E-state index in [0.29, 0.717) is 0 Å². The summed E-state index contributed by atoms with van der Waals surface area (Å²) in [5, 5.41) is 18.9. The Morgan fingerprint density at radius 3 is 2.20 bits per heavy atom. The molecule has 10 heavy (non-hydrogen) atoms. The van der Waals surface area contributed by atoms with Gasteiger partial charge in [0.05, 0.1) is 12.0 Å². The minimum absolute atomic E-state index is 0.158. The van der Waals surface area contributed by atoms with E-state index in [1.54, 1.807) is 13.8 Å². The van der Waals surface area contributed by atoms with Crippen molar-refractivity contribution in [2.75, 3.05) is 6.61 Å². The molecule has 0 aliphatic carbocycles. The Hall–Kier alpha value is -0.640. The number of nitro groups is 1. The van der Waals surface area contributed by atoms with Crippen LogP contribution in [0, 0.1) is 15.5 Å². The molecule has 0 fully saturated rings. The molecule has 4 nitrogen and oxygen atoms in total. The van der Waals surface area contributed by atoms with Gasteiger partial charge < -0.3 is 5.11 Å². The van der Waals surface area contributed by atoms with Crippen molar-refractivity contribution in [3.8, 4) is 0 Å². The van der Waals surface area contributed by atoms with Crippen LogP contribution in [0.3, 0.4) is 0 Å². The van der Waals surface area contributed by atoms with Crippen LogP contribution in [-0.4, -0.2) is 22.7 Å². The van der Waals surface area contributed by atoms with Gasteiger partial charge >= 0.3 is 0 Å². The summed E-state index contributed by atoms with van der Waals surface area (Å²) in [4.78, 5) is 9.82. The van der Waals surface area contributed by atoms with Gasteiger partial charge in [-0.1, -0.05) is 13.8 Å². The van der Waals surface area contributed by atoms with Gasteiger partial charge in [0.1, 0.15) is 0 Å². The van der Waals surface area contributed by atoms with Crippen LogP contribution in [0.2, 0.25) is 0 Å². The molecule has 0 amide bonds. The van der Waals surface area contributed by atoms with Gasteiger partial charge in [0, 0.05) is 11.8 Å². The number of nitrogens with zero attached hydrogens (tertiary/aromatic N) is 1. The first-order chi connectivity index (χ1) is 4.41. The molecular weight excluding hydrogens is 134 g/mol. The third-order valence-electron chi connectivity index (χ3n) is 1.85. The molecular formula is C6H13NO3. The van der Waals surface area contributed by atoms with Crippen LogP contribution >= 0.6 is 0 Å². The average molecular weight is 147 g/mol. The summed E-state index contributed by atoms with van der Waals surface area (Å²) in [6.07, 6.45) is 0. The summed E-state index contributed by atoms with van der Waals surface area (Å²) in [5.41, 5.74) is -0.622. The first-order valence-corrected chi connectivity index (χ1v) is 3.16. The maximum atomic E-state index is 10.2. The van der Waals surface area contributed by atoms with Gasteiger partial charge in [0.25, 0.3) is 0 Å². The topological polar surface area (TPSA) is 63.4 Å². The van der Waals surface area contributed by atoms with E-state index in [2.05, 4.69) is 0 Å². The largest absolute Gasteiger partial charge is 0.396 e. The number of aliphatic hydroxyl groups excluding tert-OH is 1. The Balaban J connectivity index is 4.17. The first kappa shape index (κ1) is 9.36. The van der Waals surface area contributed by atoms with Crippen LogP contribution in [0.25, 0.3) is 0 Å². The lowest BCUT2D eigenvalue weighted by atomic mass is 9.87. The summed E-state index contributed by atoms with van der Waals surface area (Å²) >= 11 is 0. The lowest BCUT2D eigenvalue weighted by molar-refractivity contribution is -0.537. The maximum absolute atomic E-state index is 10.2. The molecule has 0 heterocycles. The molecule has 0 aromatic carbocycles. The lowest BCUT2D eigenvalue weighted by Crippen LogP contribution is -2.36. The molecule has 1 N–H and O–H groups in total. The van der Waals surface area contributed by atoms with Crippen molar-refractivity contribution in [3.63, 3.8) is 0 Å². The molecule has 0 aliphatic rings. The molecule has 0 spiro atoms. The number of hydrogen-bond acceptors (Lipinski definition) is 3. The molecule has 0 saturated carbocycles. The van der Waals surface area contributed by atoms with Gasteiger partial charge in [-0.15, -0.1) is 0 Å². The van der Waals surface area contributed by atoms with Crippen molar-refractivity contribution in [2.24, 2.45) is 5.41 Å². The molecule has 1 unspecified atom stereocenters. The second-order valence-electron chi connectivity index (χ2n) is 3.11. The SMILES string of the molecule is CC([N+](=O)[O-])C(C)(C)CO. The van der Waals surface area contributed by atoms with E-state index in [0.717, 1.165) is 0 Å². The molecule has 0 aromatic rings. The fourth-order valence-corrected chi connectivity index (χ4v) is 0.417. The van der Waals surface area contributed by atoms with Crippen molar-refractivity contribution in [2.45, 2.75) is 26.8 Å². The monoisotopic (exact) mass is 147 g/mol. The predicted molar refractivity (Wildman–Crippen MR) is 37.3 cm³/mol. The minimum Gasteiger partial charge on any atom is -0.396 e. The Morgan fingerprint density at radius 1 is 1.70 bits per heavy atom. The van der Waals surface area contributed by atoms with E-state index in [9.17, 15) is 10.1 Å². The van der Waals surface area contributed by atoms with Crippen LogP contribution in [0.4, 0.5) is 0 Å². The molecule has 0 aromatic heterocycles. The Kier molecular flexibility index (Phi) is 2.77. The summed E-state index contributed by atoms with van der Waals surface area (Å²) in [7, 11) is 0. The van der Waals surface area contributed by atoms with Crippen LogP contribution in [0.5, 0.6) is 0 Å². The molecule has 0 bridgehead atoms. The van der Waals surface area contributed by atoms with Gasteiger partial charge in [-0.05, 0) is 0 Å². The van der Waals surface area contributed by atoms with Crippen molar-refractivity contribution in [3.05, 3.63) is 10.1 Å². The molecule has 0 aliphatic heterocycles. The van der Waals surface area contributed by atoms with Crippen molar-refractivity contribution in [1.29, 1.82) is 0 Å². The van der Waals surface area contributed by atoms with Crippen molar-refractivity contribution in [1.82, 2.24) is 0 Å². The Bertz CT molecular complexity index is 133. The van der Waals surface area contributed by atoms with Gasteiger partial charge in [-0.2, -0.15) is 0 Å². The molecule has 0 saturated heterocycles. The lowest BCUT2D eigenvalue weighted by Gasteiger charge is -2.22. The highest BCUT2D eigenvalue weighted by Gasteiger charge is 2.33. The van der Waals surface area contributed by atoms with Gasteiger partial charge in [0.15, 0.2) is 0 Å². The Morgan fingerprint density at radius 2 is 2.10 bits per heavy atom. The normalized spacial score (nSPS) is 14.8. The smallest absolute Gasteiger partial charge is 0.217 e. The fourth-order valence-electron chi connectivity index (χ4n) is 0.417. The summed E-state index contributed by atoms with van der Waals surface area (Å²) in [6, 6.07) is -0.697. The van der Waals surface area contributed by atoms with Gasteiger partial charge in [-0.3, -0.25) is 10.1 Å². The van der Waals surface area contributed by atoms with E-state index in [4.69, 9.17) is 5.11 Å². The fraction of sp³-hybridized carbons (Fsp3) is 1.00. The van der Waals surface area contributed by atoms with Crippen molar-refractivity contribution < 1.29 is 10.0 Å². The van der Waals surface area contributed by atoms with E-state index in [-0.39, 0.29) is 11.5 Å². The standard InChI is InChI=1S/C6H13NO3/c1-5(7(9)10)6(2,3)4-8/h5,8H,4H2,1-3H3. The highest BCUT2D eigenvalue weighted by molar-refractivity contribution is 4.73. The summed E-state index contributed by atoms with van der Waals surface area (Å²) < 4.78 is 0. The third-order valence-corrected chi connectivity index (χ3v) is 1.85. The van der Waals surface area contributed by atoms with Crippen LogP contribution in [0.15, 0.2) is 0 Å². The van der Waals surface area contributed by atoms with Gasteiger partial charge in [0.2, 0.25) is 6.04 Å². The number of rotatable bonds is 3. The molecule has 4 heteroatoms. The zero-order chi connectivity index (χ0) is 8.36. The Labute approximate surface area is 60.0 Å². The highest BCUT2D eigenvalue weighted by atomic mass is 16.6. The van der Waals surface area contributed by atoms with Crippen LogP contribution in [0.1, 0.15) is 20.8 Å².